The maximum absolute atomic E-state index is 14.6. The fourth-order valence-corrected chi connectivity index (χ4v) is 5.13. The Morgan fingerprint density at radius 1 is 1.17 bits per heavy atom. The molecule has 1 aromatic heterocycles. The molecule has 41 heavy (non-hydrogen) atoms. The Hall–Kier alpha value is -4.45. The number of fused-ring (bicyclic) bond motifs is 1. The van der Waals surface area contributed by atoms with Crippen LogP contribution in [0.4, 0.5) is 4.39 Å². The van der Waals surface area contributed by atoms with Crippen LogP contribution in [0.3, 0.4) is 0 Å². The van der Waals surface area contributed by atoms with E-state index >= 15 is 0 Å². The molecule has 1 aliphatic carbocycles. The molecule has 0 aliphatic heterocycles. The molecule has 5 rings (SSSR count). The first-order valence-corrected chi connectivity index (χ1v) is 13.5. The smallest absolute Gasteiger partial charge is 0.320 e. The van der Waals surface area contributed by atoms with E-state index in [1.807, 2.05) is 24.3 Å². The number of nitrogens with one attached hydrogen (secondary N) is 1. The first-order chi connectivity index (χ1) is 19.8. The molecule has 2 atom stereocenters. The van der Waals surface area contributed by atoms with Crippen LogP contribution in [0.2, 0.25) is 5.02 Å². The Bertz CT molecular complexity index is 1640. The largest absolute Gasteiger partial charge is 0.488 e. The minimum absolute atomic E-state index is 0.128. The van der Waals surface area contributed by atoms with Crippen LogP contribution in [0.25, 0.3) is 11.1 Å². The van der Waals surface area contributed by atoms with Gasteiger partial charge in [0.05, 0.1) is 10.6 Å². The van der Waals surface area contributed by atoms with Crippen LogP contribution in [0, 0.1) is 17.1 Å². The van der Waals surface area contributed by atoms with Gasteiger partial charge in [-0.2, -0.15) is 5.26 Å². The zero-order valence-electron chi connectivity index (χ0n) is 22.2. The lowest BCUT2D eigenvalue weighted by Gasteiger charge is -2.20. The molecule has 0 saturated carbocycles. The van der Waals surface area contributed by atoms with Crippen molar-refractivity contribution >= 4 is 17.6 Å². The molecule has 1 heterocycles. The minimum atomic E-state index is -0.979. The molecular formula is C32H27ClFN3O4. The van der Waals surface area contributed by atoms with E-state index in [-0.39, 0.29) is 25.1 Å². The van der Waals surface area contributed by atoms with E-state index in [1.165, 1.54) is 12.3 Å². The third kappa shape index (κ3) is 6.32. The summed E-state index contributed by atoms with van der Waals surface area (Å²) in [5, 5.41) is 21.8. The van der Waals surface area contributed by atoms with Crippen molar-refractivity contribution in [3.05, 3.63) is 112 Å². The van der Waals surface area contributed by atoms with Gasteiger partial charge in [-0.1, -0.05) is 48.0 Å². The van der Waals surface area contributed by atoms with Crippen molar-refractivity contribution in [2.45, 2.75) is 45.1 Å². The van der Waals surface area contributed by atoms with Crippen LogP contribution in [0.1, 0.15) is 47.3 Å². The Balaban J connectivity index is 1.43. The standard InChI is InChI=1S/C32H27ClFN3O4/c1-19(32(38)39)37-17-22-12-27(33)31(13-30(22)40-18-21-11-20(14-35)15-36-16-21)41-29-10-9-24-23(6-4-7-26(24)29)25-5-2-3-8-28(25)34/h2-8,11-13,15-16,19,29,37H,9-10,17-18H2,1H3,(H,38,39)/t19?,29-/m0/s1. The molecule has 2 N–H and O–H groups in total. The molecule has 4 aromatic rings. The zero-order chi connectivity index (χ0) is 28.9. The van der Waals surface area contributed by atoms with E-state index in [0.29, 0.717) is 45.2 Å². The van der Waals surface area contributed by atoms with Crippen molar-refractivity contribution in [1.29, 1.82) is 5.26 Å². The maximum atomic E-state index is 14.6. The molecule has 0 bridgehead atoms. The van der Waals surface area contributed by atoms with Gasteiger partial charge in [-0.25, -0.2) is 4.39 Å². The number of aromatic nitrogens is 1. The van der Waals surface area contributed by atoms with Gasteiger partial charge in [-0.05, 0) is 54.7 Å². The van der Waals surface area contributed by atoms with E-state index < -0.39 is 12.0 Å². The molecule has 0 radical (unpaired) electrons. The van der Waals surface area contributed by atoms with E-state index in [0.717, 1.165) is 23.1 Å². The minimum Gasteiger partial charge on any atom is -0.488 e. The number of hydrogen-bond donors (Lipinski definition) is 2. The maximum Gasteiger partial charge on any atom is 0.320 e. The highest BCUT2D eigenvalue weighted by molar-refractivity contribution is 6.32. The average molecular weight is 572 g/mol. The molecule has 9 heteroatoms. The lowest BCUT2D eigenvalue weighted by Crippen LogP contribution is -2.33. The van der Waals surface area contributed by atoms with Crippen molar-refractivity contribution in [3.63, 3.8) is 0 Å². The number of ether oxygens (including phenoxy) is 2. The number of rotatable bonds is 10. The predicted molar refractivity (Wildman–Crippen MR) is 152 cm³/mol. The second-order valence-corrected chi connectivity index (χ2v) is 10.2. The van der Waals surface area contributed by atoms with Crippen molar-refractivity contribution in [2.24, 2.45) is 0 Å². The van der Waals surface area contributed by atoms with Gasteiger partial charge >= 0.3 is 5.97 Å². The summed E-state index contributed by atoms with van der Waals surface area (Å²) in [5.41, 5.74) is 5.19. The van der Waals surface area contributed by atoms with Crippen molar-refractivity contribution in [2.75, 3.05) is 0 Å². The quantitative estimate of drug-likeness (QED) is 0.220. The summed E-state index contributed by atoms with van der Waals surface area (Å²) in [6.45, 7) is 1.87. The van der Waals surface area contributed by atoms with Gasteiger partial charge in [-0.3, -0.25) is 9.78 Å². The molecule has 1 aliphatic rings. The fourth-order valence-electron chi connectivity index (χ4n) is 4.90. The summed E-state index contributed by atoms with van der Waals surface area (Å²) in [6, 6.07) is 18.9. The molecule has 0 amide bonds. The molecule has 1 unspecified atom stereocenters. The first-order valence-electron chi connectivity index (χ1n) is 13.1. The number of carboxylic acids is 1. The van der Waals surface area contributed by atoms with Crippen molar-refractivity contribution in [3.8, 4) is 28.7 Å². The van der Waals surface area contributed by atoms with Gasteiger partial charge in [0, 0.05) is 41.7 Å². The SMILES string of the molecule is CC(NCc1cc(Cl)c(O[C@H]2CCc3c(-c4ccccc4F)cccc32)cc1OCc1cncc(C#N)c1)C(=O)O. The lowest BCUT2D eigenvalue weighted by molar-refractivity contribution is -0.139. The summed E-state index contributed by atoms with van der Waals surface area (Å²) in [7, 11) is 0. The van der Waals surface area contributed by atoms with E-state index in [1.54, 1.807) is 43.5 Å². The topological polar surface area (TPSA) is 104 Å². The van der Waals surface area contributed by atoms with Gasteiger partial charge in [0.25, 0.3) is 0 Å². The monoisotopic (exact) mass is 571 g/mol. The van der Waals surface area contributed by atoms with Gasteiger partial charge in [0.1, 0.15) is 42.1 Å². The third-order valence-corrected chi connectivity index (χ3v) is 7.35. The van der Waals surface area contributed by atoms with Crippen LogP contribution in [-0.2, 0) is 24.4 Å². The number of pyridine rings is 1. The normalized spacial score (nSPS) is 14.6. The zero-order valence-corrected chi connectivity index (χ0v) is 23.0. The number of aliphatic carboxylic acids is 1. The van der Waals surface area contributed by atoms with E-state index in [2.05, 4.69) is 16.4 Å². The van der Waals surface area contributed by atoms with Gasteiger partial charge < -0.3 is 19.9 Å². The second-order valence-electron chi connectivity index (χ2n) is 9.81. The molecule has 0 spiro atoms. The molecule has 0 fully saturated rings. The van der Waals surface area contributed by atoms with Crippen LogP contribution in [0.15, 0.2) is 73.1 Å². The van der Waals surface area contributed by atoms with Crippen LogP contribution < -0.4 is 14.8 Å². The predicted octanol–water partition coefficient (Wildman–Crippen LogP) is 6.62. The number of hydrogen-bond acceptors (Lipinski definition) is 6. The van der Waals surface area contributed by atoms with Gasteiger partial charge in [-0.15, -0.1) is 0 Å². The summed E-state index contributed by atoms with van der Waals surface area (Å²) >= 11 is 6.67. The van der Waals surface area contributed by atoms with Crippen molar-refractivity contribution < 1.29 is 23.8 Å². The Morgan fingerprint density at radius 2 is 1.98 bits per heavy atom. The highest BCUT2D eigenvalue weighted by Gasteiger charge is 2.28. The van der Waals surface area contributed by atoms with Gasteiger partial charge in [0.15, 0.2) is 0 Å². The lowest BCUT2D eigenvalue weighted by atomic mass is 9.96. The fraction of sp³-hybridized carbons (Fsp3) is 0.219. The summed E-state index contributed by atoms with van der Waals surface area (Å²) in [4.78, 5) is 15.4. The number of nitriles is 1. The second kappa shape index (κ2) is 12.4. The molecule has 7 nitrogen and oxygen atoms in total. The van der Waals surface area contributed by atoms with Crippen LogP contribution in [0.5, 0.6) is 11.5 Å². The number of halogens is 2. The summed E-state index contributed by atoms with van der Waals surface area (Å²) < 4.78 is 27.1. The summed E-state index contributed by atoms with van der Waals surface area (Å²) in [6.07, 6.45) is 4.20. The first kappa shape index (κ1) is 28.1. The Kier molecular flexibility index (Phi) is 8.48. The number of nitrogens with zero attached hydrogens (tertiary/aromatic N) is 2. The average Bonchev–Trinajstić information content (AvgIpc) is 3.39. The highest BCUT2D eigenvalue weighted by Crippen LogP contribution is 2.43. The third-order valence-electron chi connectivity index (χ3n) is 7.05. The molecule has 0 saturated heterocycles. The molecule has 208 valence electrons. The van der Waals surface area contributed by atoms with Crippen molar-refractivity contribution in [1.82, 2.24) is 10.3 Å². The Morgan fingerprint density at radius 3 is 2.76 bits per heavy atom. The molecule has 3 aromatic carbocycles. The number of carbonyl (C=O) groups is 1. The summed E-state index contributed by atoms with van der Waals surface area (Å²) in [5.74, 6) is -0.385. The van der Waals surface area contributed by atoms with E-state index in [9.17, 15) is 19.6 Å². The van der Waals surface area contributed by atoms with Crippen LogP contribution in [-0.4, -0.2) is 22.1 Å². The van der Waals surface area contributed by atoms with Crippen LogP contribution >= 0.6 is 11.6 Å². The number of carboxylic acid groups (broad SMARTS) is 1. The van der Waals surface area contributed by atoms with E-state index in [4.69, 9.17) is 21.1 Å². The highest BCUT2D eigenvalue weighted by atomic mass is 35.5. The van der Waals surface area contributed by atoms with Gasteiger partial charge in [0.2, 0.25) is 0 Å². The number of benzene rings is 3. The molecular weight excluding hydrogens is 545 g/mol. The Labute approximate surface area is 242 Å².